The van der Waals surface area contributed by atoms with Crippen LogP contribution in [-0.4, -0.2) is 35.8 Å². The highest BCUT2D eigenvalue weighted by Crippen LogP contribution is 2.19. The molecular formula is C13H14F2N4O. The van der Waals surface area contributed by atoms with E-state index in [-0.39, 0.29) is 11.6 Å². The van der Waals surface area contributed by atoms with Crippen molar-refractivity contribution in [3.8, 4) is 0 Å². The fourth-order valence-corrected chi connectivity index (χ4v) is 2.21. The lowest BCUT2D eigenvalue weighted by atomic mass is 10.1. The van der Waals surface area contributed by atoms with Crippen LogP contribution in [0.1, 0.15) is 11.7 Å². The van der Waals surface area contributed by atoms with Gasteiger partial charge in [0.2, 0.25) is 0 Å². The lowest BCUT2D eigenvalue weighted by Crippen LogP contribution is -2.47. The minimum atomic E-state index is -0.948. The molecule has 0 saturated carbocycles. The molecule has 2 unspecified atom stereocenters. The molecule has 3 N–H and O–H groups in total. The van der Waals surface area contributed by atoms with Crippen LogP contribution in [0, 0.1) is 11.6 Å². The molecule has 5 nitrogen and oxygen atoms in total. The van der Waals surface area contributed by atoms with E-state index in [0.717, 1.165) is 18.7 Å². The van der Waals surface area contributed by atoms with Crippen molar-refractivity contribution in [2.24, 2.45) is 5.73 Å². The fraction of sp³-hybridized carbons (Fsp3) is 0.385. The summed E-state index contributed by atoms with van der Waals surface area (Å²) >= 11 is 0. The van der Waals surface area contributed by atoms with Crippen molar-refractivity contribution in [3.63, 3.8) is 0 Å². The summed E-state index contributed by atoms with van der Waals surface area (Å²) < 4.78 is 31.7. The van der Waals surface area contributed by atoms with Crippen LogP contribution in [0.4, 0.5) is 8.78 Å². The number of morpholine rings is 1. The molecule has 0 spiro atoms. The molecule has 1 saturated heterocycles. The van der Waals surface area contributed by atoms with Crippen molar-refractivity contribution >= 4 is 11.0 Å². The van der Waals surface area contributed by atoms with E-state index in [4.69, 9.17) is 10.5 Å². The fourth-order valence-electron chi connectivity index (χ4n) is 2.21. The maximum Gasteiger partial charge on any atom is 0.161 e. The number of benzene rings is 1. The summed E-state index contributed by atoms with van der Waals surface area (Å²) in [6.07, 6.45) is 1.49. The first-order valence-electron chi connectivity index (χ1n) is 6.33. The van der Waals surface area contributed by atoms with E-state index >= 15 is 0 Å². The highest BCUT2D eigenvalue weighted by Gasteiger charge is 2.23. The van der Waals surface area contributed by atoms with Gasteiger partial charge in [-0.25, -0.2) is 13.8 Å². The Kier molecular flexibility index (Phi) is 3.56. The van der Waals surface area contributed by atoms with Crippen LogP contribution < -0.4 is 11.1 Å². The van der Waals surface area contributed by atoms with Crippen LogP contribution in [0.25, 0.3) is 11.0 Å². The predicted octanol–water partition coefficient (Wildman–Crippen LogP) is 0.896. The number of nitrogens with two attached hydrogens (primary N) is 1. The number of rotatable bonds is 2. The molecule has 2 atom stereocenters. The summed E-state index contributed by atoms with van der Waals surface area (Å²) in [4.78, 5) is 8.34. The minimum Gasteiger partial charge on any atom is -0.378 e. The third-order valence-corrected chi connectivity index (χ3v) is 3.33. The number of hydrogen-bond acceptors (Lipinski definition) is 5. The largest absolute Gasteiger partial charge is 0.378 e. The average molecular weight is 280 g/mol. The second kappa shape index (κ2) is 5.35. The Balaban J connectivity index is 1.93. The molecule has 1 aromatic heterocycles. The molecule has 20 heavy (non-hydrogen) atoms. The molecule has 2 aromatic rings. The van der Waals surface area contributed by atoms with Gasteiger partial charge in [0.05, 0.1) is 48.2 Å². The number of nitrogens with zero attached hydrogens (tertiary/aromatic N) is 2. The lowest BCUT2D eigenvalue weighted by molar-refractivity contribution is 0.0680. The summed E-state index contributed by atoms with van der Waals surface area (Å²) in [5, 5.41) is 3.23. The molecule has 1 fully saturated rings. The molecule has 2 heterocycles. The molecule has 3 rings (SSSR count). The minimum absolute atomic E-state index is 0.0687. The molecule has 0 amide bonds. The SMILES string of the molecule is NC(c1cnc2cc(F)c(F)cc2n1)C1COCCN1. The Morgan fingerprint density at radius 1 is 1.30 bits per heavy atom. The average Bonchev–Trinajstić information content (AvgIpc) is 2.48. The topological polar surface area (TPSA) is 73.1 Å². The van der Waals surface area contributed by atoms with Crippen LogP contribution in [0.5, 0.6) is 0 Å². The van der Waals surface area contributed by atoms with Crippen LogP contribution in [0.15, 0.2) is 18.3 Å². The van der Waals surface area contributed by atoms with Gasteiger partial charge >= 0.3 is 0 Å². The van der Waals surface area contributed by atoms with Gasteiger partial charge in [-0.15, -0.1) is 0 Å². The Bertz CT molecular complexity index is 631. The van der Waals surface area contributed by atoms with Crippen molar-refractivity contribution in [2.45, 2.75) is 12.1 Å². The summed E-state index contributed by atoms with van der Waals surface area (Å²) in [5.74, 6) is -1.89. The summed E-state index contributed by atoms with van der Waals surface area (Å²) in [5.41, 5.74) is 7.22. The highest BCUT2D eigenvalue weighted by atomic mass is 19.2. The number of fused-ring (bicyclic) bond motifs is 1. The van der Waals surface area contributed by atoms with E-state index in [1.165, 1.54) is 6.20 Å². The second-order valence-electron chi connectivity index (χ2n) is 4.71. The van der Waals surface area contributed by atoms with Gasteiger partial charge < -0.3 is 15.8 Å². The summed E-state index contributed by atoms with van der Waals surface area (Å²) in [6, 6.07) is 1.56. The maximum absolute atomic E-state index is 13.2. The Morgan fingerprint density at radius 3 is 2.75 bits per heavy atom. The molecule has 7 heteroatoms. The van der Waals surface area contributed by atoms with Crippen molar-refractivity contribution in [1.82, 2.24) is 15.3 Å². The van der Waals surface area contributed by atoms with Gasteiger partial charge in [-0.05, 0) is 0 Å². The Labute approximate surface area is 114 Å². The molecule has 1 aliphatic rings. The monoisotopic (exact) mass is 280 g/mol. The van der Waals surface area contributed by atoms with Gasteiger partial charge in [-0.2, -0.15) is 0 Å². The van der Waals surface area contributed by atoms with Gasteiger partial charge in [0.25, 0.3) is 0 Å². The van der Waals surface area contributed by atoms with E-state index in [9.17, 15) is 8.78 Å². The van der Waals surface area contributed by atoms with Gasteiger partial charge in [0, 0.05) is 18.7 Å². The van der Waals surface area contributed by atoms with Crippen LogP contribution >= 0.6 is 0 Å². The quantitative estimate of drug-likeness (QED) is 0.855. The van der Waals surface area contributed by atoms with Crippen molar-refractivity contribution < 1.29 is 13.5 Å². The molecule has 1 aliphatic heterocycles. The molecule has 106 valence electrons. The molecule has 1 aromatic carbocycles. The molecule has 0 aliphatic carbocycles. The number of nitrogens with one attached hydrogen (secondary N) is 1. The van der Waals surface area contributed by atoms with Gasteiger partial charge in [-0.3, -0.25) is 4.98 Å². The number of hydrogen-bond donors (Lipinski definition) is 2. The molecule has 0 bridgehead atoms. The Hall–Kier alpha value is -1.70. The van der Waals surface area contributed by atoms with Crippen molar-refractivity contribution in [2.75, 3.05) is 19.8 Å². The smallest absolute Gasteiger partial charge is 0.161 e. The van der Waals surface area contributed by atoms with E-state index < -0.39 is 17.7 Å². The van der Waals surface area contributed by atoms with Gasteiger partial charge in [0.15, 0.2) is 11.6 Å². The normalized spacial score (nSPS) is 21.1. The number of aromatic nitrogens is 2. The van der Waals surface area contributed by atoms with Gasteiger partial charge in [-0.1, -0.05) is 0 Å². The molecular weight excluding hydrogens is 266 g/mol. The zero-order chi connectivity index (χ0) is 14.1. The number of ether oxygens (including phenoxy) is 1. The number of halogens is 2. The summed E-state index contributed by atoms with van der Waals surface area (Å²) in [7, 11) is 0. The van der Waals surface area contributed by atoms with Gasteiger partial charge in [0.1, 0.15) is 0 Å². The van der Waals surface area contributed by atoms with Crippen LogP contribution in [-0.2, 0) is 4.74 Å². The third kappa shape index (κ3) is 2.47. The molecule has 0 radical (unpaired) electrons. The van der Waals surface area contributed by atoms with E-state index in [0.29, 0.717) is 24.4 Å². The highest BCUT2D eigenvalue weighted by molar-refractivity contribution is 5.74. The van der Waals surface area contributed by atoms with Crippen LogP contribution in [0.2, 0.25) is 0 Å². The predicted molar refractivity (Wildman–Crippen MR) is 69.0 cm³/mol. The first-order valence-corrected chi connectivity index (χ1v) is 6.33. The summed E-state index contributed by atoms with van der Waals surface area (Å²) in [6.45, 7) is 1.86. The van der Waals surface area contributed by atoms with Crippen LogP contribution in [0.3, 0.4) is 0 Å². The third-order valence-electron chi connectivity index (χ3n) is 3.33. The second-order valence-corrected chi connectivity index (χ2v) is 4.71. The lowest BCUT2D eigenvalue weighted by Gasteiger charge is -2.28. The zero-order valence-corrected chi connectivity index (χ0v) is 10.6. The van der Waals surface area contributed by atoms with Crippen molar-refractivity contribution in [3.05, 3.63) is 35.7 Å². The first-order chi connectivity index (χ1) is 9.65. The zero-order valence-electron chi connectivity index (χ0n) is 10.6. The van der Waals surface area contributed by atoms with E-state index in [2.05, 4.69) is 15.3 Å². The maximum atomic E-state index is 13.2. The van der Waals surface area contributed by atoms with E-state index in [1.807, 2.05) is 0 Å². The van der Waals surface area contributed by atoms with Crippen molar-refractivity contribution in [1.29, 1.82) is 0 Å². The standard InChI is InChI=1S/C13H14F2N4O/c14-7-3-9-10(4-8(7)15)19-11(5-18-9)13(16)12-6-20-2-1-17-12/h3-5,12-13,17H,1-2,6,16H2. The first kappa shape index (κ1) is 13.3. The Morgan fingerprint density at radius 2 is 2.05 bits per heavy atom. The van der Waals surface area contributed by atoms with E-state index in [1.54, 1.807) is 0 Å².